The van der Waals surface area contributed by atoms with Crippen molar-refractivity contribution in [2.45, 2.75) is 53.4 Å². The zero-order valence-corrected chi connectivity index (χ0v) is 18.6. The minimum atomic E-state index is -0.417. The Kier molecular flexibility index (Phi) is 7.13. The van der Waals surface area contributed by atoms with Crippen molar-refractivity contribution in [2.24, 2.45) is 10.5 Å². The van der Waals surface area contributed by atoms with Gasteiger partial charge in [-0.05, 0) is 53.5 Å². The number of hydrazone groups is 1. The summed E-state index contributed by atoms with van der Waals surface area (Å²) in [6.07, 6.45) is 2.38. The summed E-state index contributed by atoms with van der Waals surface area (Å²) in [5.74, 6) is 0.0411. The molecule has 2 aromatic carbocycles. The third-order valence-corrected chi connectivity index (χ3v) is 4.71. The van der Waals surface area contributed by atoms with Gasteiger partial charge in [-0.25, -0.2) is 5.43 Å². The quantitative estimate of drug-likeness (QED) is 0.456. The van der Waals surface area contributed by atoms with Gasteiger partial charge in [0.05, 0.1) is 6.21 Å². The van der Waals surface area contributed by atoms with Crippen LogP contribution in [-0.2, 0) is 10.2 Å². The predicted octanol–water partition coefficient (Wildman–Crippen LogP) is 4.65. The molecule has 6 heteroatoms. The molecule has 0 bridgehead atoms. The molecule has 0 aliphatic rings. The number of aryl methyl sites for hydroxylation is 1. The van der Waals surface area contributed by atoms with Gasteiger partial charge < -0.3 is 14.9 Å². The molecule has 3 N–H and O–H groups in total. The number of nitrogens with zero attached hydrogens (tertiary/aromatic N) is 1. The van der Waals surface area contributed by atoms with Crippen molar-refractivity contribution in [3.05, 3.63) is 53.1 Å². The highest BCUT2D eigenvalue weighted by molar-refractivity contribution is 5.87. The lowest BCUT2D eigenvalue weighted by Crippen LogP contribution is -2.25. The monoisotopic (exact) mass is 412 g/mol. The molecule has 30 heavy (non-hydrogen) atoms. The van der Waals surface area contributed by atoms with Crippen LogP contribution in [0.2, 0.25) is 0 Å². The average Bonchev–Trinajstić information content (AvgIpc) is 2.60. The minimum Gasteiger partial charge on any atom is -0.508 e. The van der Waals surface area contributed by atoms with Gasteiger partial charge in [-0.15, -0.1) is 0 Å². The Bertz CT molecular complexity index is 887. The number of carbonyl (C=O) groups excluding carboxylic acids is 1. The van der Waals surface area contributed by atoms with E-state index in [1.807, 2.05) is 24.3 Å². The molecule has 0 aliphatic carbocycles. The Morgan fingerprint density at radius 1 is 1.10 bits per heavy atom. The number of nitrogens with one attached hydrogen (secondary N) is 1. The number of phenols is 2. The molecule has 0 radical (unpaired) electrons. The lowest BCUT2D eigenvalue weighted by Gasteiger charge is -2.33. The van der Waals surface area contributed by atoms with Gasteiger partial charge in [0, 0.05) is 11.6 Å². The Morgan fingerprint density at radius 2 is 1.73 bits per heavy atom. The van der Waals surface area contributed by atoms with Gasteiger partial charge in [-0.2, -0.15) is 5.10 Å². The van der Waals surface area contributed by atoms with E-state index in [-0.39, 0.29) is 28.9 Å². The highest BCUT2D eigenvalue weighted by atomic mass is 16.5. The fraction of sp³-hybridized carbons (Fsp3) is 0.417. The first-order valence-corrected chi connectivity index (χ1v) is 9.95. The summed E-state index contributed by atoms with van der Waals surface area (Å²) in [5, 5.41) is 23.1. The molecule has 162 valence electrons. The maximum Gasteiger partial charge on any atom is 0.277 e. The summed E-state index contributed by atoms with van der Waals surface area (Å²) < 4.78 is 5.53. The second-order valence-electron chi connectivity index (χ2n) is 9.42. The number of benzene rings is 2. The van der Waals surface area contributed by atoms with Crippen LogP contribution in [0.15, 0.2) is 41.5 Å². The van der Waals surface area contributed by atoms with Crippen LogP contribution in [0.25, 0.3) is 0 Å². The van der Waals surface area contributed by atoms with Crippen molar-refractivity contribution in [2.75, 3.05) is 6.61 Å². The van der Waals surface area contributed by atoms with Crippen molar-refractivity contribution >= 4 is 12.1 Å². The van der Waals surface area contributed by atoms with E-state index in [2.05, 4.69) is 45.1 Å². The number of ether oxygens (including phenoxy) is 1. The van der Waals surface area contributed by atoms with Gasteiger partial charge in [0.25, 0.3) is 5.91 Å². The van der Waals surface area contributed by atoms with Crippen molar-refractivity contribution in [1.29, 1.82) is 0 Å². The van der Waals surface area contributed by atoms with E-state index < -0.39 is 5.91 Å². The van der Waals surface area contributed by atoms with E-state index in [0.29, 0.717) is 16.9 Å². The van der Waals surface area contributed by atoms with Crippen LogP contribution in [0.4, 0.5) is 0 Å². The fourth-order valence-electron chi connectivity index (χ4n) is 3.71. The highest BCUT2D eigenvalue weighted by Gasteiger charge is 2.27. The number of carbonyl (C=O) groups is 1. The van der Waals surface area contributed by atoms with E-state index in [4.69, 9.17) is 4.74 Å². The van der Waals surface area contributed by atoms with Crippen LogP contribution in [0, 0.1) is 12.3 Å². The molecule has 0 spiro atoms. The molecule has 0 unspecified atom stereocenters. The summed E-state index contributed by atoms with van der Waals surface area (Å²) in [6.45, 7) is 12.7. The Morgan fingerprint density at radius 3 is 2.30 bits per heavy atom. The van der Waals surface area contributed by atoms with Crippen LogP contribution in [0.3, 0.4) is 0 Å². The van der Waals surface area contributed by atoms with Crippen molar-refractivity contribution in [3.8, 4) is 17.2 Å². The molecule has 2 aromatic rings. The molecule has 0 aliphatic heterocycles. The molecular formula is C24H32N2O4. The number of amides is 1. The third kappa shape index (κ3) is 6.79. The SMILES string of the molecule is Cc1cc(O)cc(O)c1/C=N/NC(=O)COc1ccc(C(C)(C)CC(C)(C)C)cc1. The molecule has 1 amide bonds. The summed E-state index contributed by atoms with van der Waals surface area (Å²) in [4.78, 5) is 12.0. The molecule has 0 saturated heterocycles. The van der Waals surface area contributed by atoms with Crippen LogP contribution in [-0.4, -0.2) is 28.9 Å². The van der Waals surface area contributed by atoms with E-state index in [9.17, 15) is 15.0 Å². The topological polar surface area (TPSA) is 91.1 Å². The minimum absolute atomic E-state index is 0.0348. The first-order chi connectivity index (χ1) is 13.9. The normalized spacial score (nSPS) is 12.2. The molecule has 6 nitrogen and oxygen atoms in total. The van der Waals surface area contributed by atoms with Gasteiger partial charge in [0.15, 0.2) is 6.61 Å². The molecule has 0 fully saturated rings. The van der Waals surface area contributed by atoms with Crippen LogP contribution >= 0.6 is 0 Å². The van der Waals surface area contributed by atoms with Gasteiger partial charge in [0.1, 0.15) is 17.2 Å². The van der Waals surface area contributed by atoms with E-state index >= 15 is 0 Å². The molecule has 2 rings (SSSR count). The Labute approximate surface area is 178 Å². The average molecular weight is 413 g/mol. The second kappa shape index (κ2) is 9.20. The number of aromatic hydroxyl groups is 2. The number of rotatable bonds is 7. The number of hydrogen-bond acceptors (Lipinski definition) is 5. The van der Waals surface area contributed by atoms with Crippen LogP contribution in [0.1, 0.15) is 57.7 Å². The Hall–Kier alpha value is -3.02. The first kappa shape index (κ1) is 23.3. The summed E-state index contributed by atoms with van der Waals surface area (Å²) in [6, 6.07) is 10.5. The van der Waals surface area contributed by atoms with E-state index in [0.717, 1.165) is 6.42 Å². The molecule has 0 saturated carbocycles. The smallest absolute Gasteiger partial charge is 0.277 e. The standard InChI is InChI=1S/C24H32N2O4/c1-16-11-18(27)12-21(28)20(16)13-25-26-22(29)14-30-19-9-7-17(8-10-19)24(5,6)15-23(2,3)4/h7-13,27-28H,14-15H2,1-6H3,(H,26,29)/b25-13+. The molecule has 0 aromatic heterocycles. The first-order valence-electron chi connectivity index (χ1n) is 9.95. The molecular weight excluding hydrogens is 380 g/mol. The largest absolute Gasteiger partial charge is 0.508 e. The zero-order valence-electron chi connectivity index (χ0n) is 18.6. The maximum atomic E-state index is 12.0. The molecule has 0 heterocycles. The van der Waals surface area contributed by atoms with Gasteiger partial charge >= 0.3 is 0 Å². The van der Waals surface area contributed by atoms with Crippen LogP contribution < -0.4 is 10.2 Å². The highest BCUT2D eigenvalue weighted by Crippen LogP contribution is 2.36. The van der Waals surface area contributed by atoms with Crippen LogP contribution in [0.5, 0.6) is 17.2 Å². The predicted molar refractivity (Wildman–Crippen MR) is 119 cm³/mol. The third-order valence-electron chi connectivity index (χ3n) is 4.71. The van der Waals surface area contributed by atoms with E-state index in [1.165, 1.54) is 23.9 Å². The van der Waals surface area contributed by atoms with E-state index in [1.54, 1.807) is 6.92 Å². The summed E-state index contributed by atoms with van der Waals surface area (Å²) in [5.41, 5.74) is 4.91. The van der Waals surface area contributed by atoms with Gasteiger partial charge in [-0.3, -0.25) is 4.79 Å². The van der Waals surface area contributed by atoms with Gasteiger partial charge in [0.2, 0.25) is 0 Å². The summed E-state index contributed by atoms with van der Waals surface area (Å²) >= 11 is 0. The summed E-state index contributed by atoms with van der Waals surface area (Å²) in [7, 11) is 0. The number of hydrogen-bond donors (Lipinski definition) is 3. The lowest BCUT2D eigenvalue weighted by molar-refractivity contribution is -0.123. The Balaban J connectivity index is 1.89. The maximum absolute atomic E-state index is 12.0. The second-order valence-corrected chi connectivity index (χ2v) is 9.42. The zero-order chi connectivity index (χ0) is 22.5. The van der Waals surface area contributed by atoms with Crippen molar-refractivity contribution in [1.82, 2.24) is 5.43 Å². The fourth-order valence-corrected chi connectivity index (χ4v) is 3.71. The lowest BCUT2D eigenvalue weighted by atomic mass is 9.72. The van der Waals surface area contributed by atoms with Crippen molar-refractivity contribution < 1.29 is 19.7 Å². The number of phenolic OH excluding ortho intramolecular Hbond substituents is 2. The molecule has 0 atom stereocenters. The van der Waals surface area contributed by atoms with Gasteiger partial charge in [-0.1, -0.05) is 46.8 Å². The van der Waals surface area contributed by atoms with Crippen molar-refractivity contribution in [3.63, 3.8) is 0 Å².